The molecule has 0 atom stereocenters. The standard InChI is InChI=1S/C15H24N2O3/c1-13(2,3)10-8-15(7,17(20)16-19)9-11(12(10)18)14(4,5)6/h8-9,19H,1-7H3. The Morgan fingerprint density at radius 3 is 1.70 bits per heavy atom. The van der Waals surface area contributed by atoms with Crippen molar-refractivity contribution in [2.45, 2.75) is 54.0 Å². The first-order chi connectivity index (χ1) is 8.83. The van der Waals surface area contributed by atoms with E-state index in [0.717, 1.165) is 0 Å². The van der Waals surface area contributed by atoms with Crippen LogP contribution in [0.1, 0.15) is 48.5 Å². The summed E-state index contributed by atoms with van der Waals surface area (Å²) in [6.45, 7) is 13.2. The maximum absolute atomic E-state index is 12.7. The van der Waals surface area contributed by atoms with Crippen molar-refractivity contribution in [1.29, 1.82) is 0 Å². The van der Waals surface area contributed by atoms with Gasteiger partial charge in [0.15, 0.2) is 11.1 Å². The average Bonchev–Trinajstić information content (AvgIpc) is 2.28. The third-order valence-corrected chi connectivity index (χ3v) is 3.47. The second kappa shape index (κ2) is 4.72. The highest BCUT2D eigenvalue weighted by Gasteiger charge is 2.43. The molecular formula is C15H24N2O3. The molecule has 1 N–H and O–H groups in total. The van der Waals surface area contributed by atoms with Crippen LogP contribution in [0.2, 0.25) is 0 Å². The highest BCUT2D eigenvalue weighted by atomic mass is 16.6. The smallest absolute Gasteiger partial charge is 0.238 e. The van der Waals surface area contributed by atoms with E-state index in [9.17, 15) is 10.0 Å². The van der Waals surface area contributed by atoms with Gasteiger partial charge in [-0.3, -0.25) is 4.79 Å². The van der Waals surface area contributed by atoms with E-state index in [1.165, 1.54) is 0 Å². The third-order valence-electron chi connectivity index (χ3n) is 3.47. The summed E-state index contributed by atoms with van der Waals surface area (Å²) in [5.74, 6) is -0.0474. The Morgan fingerprint density at radius 2 is 1.45 bits per heavy atom. The van der Waals surface area contributed by atoms with Crippen LogP contribution < -0.4 is 0 Å². The molecule has 112 valence electrons. The summed E-state index contributed by atoms with van der Waals surface area (Å²) in [4.78, 5) is 12.9. The van der Waals surface area contributed by atoms with E-state index in [-0.39, 0.29) is 21.5 Å². The summed E-state index contributed by atoms with van der Waals surface area (Å²) in [7, 11) is 0. The summed E-state index contributed by atoms with van der Waals surface area (Å²) in [6, 6.07) is 0. The molecule has 0 saturated heterocycles. The Morgan fingerprint density at radius 1 is 1.10 bits per heavy atom. The summed E-state index contributed by atoms with van der Waals surface area (Å²) in [5, 5.41) is 23.4. The van der Waals surface area contributed by atoms with Crippen LogP contribution in [0.25, 0.3) is 0 Å². The van der Waals surface area contributed by atoms with Crippen molar-refractivity contribution >= 4 is 5.78 Å². The molecule has 1 rings (SSSR count). The van der Waals surface area contributed by atoms with Gasteiger partial charge < -0.3 is 10.4 Å². The third kappa shape index (κ3) is 2.92. The van der Waals surface area contributed by atoms with Crippen molar-refractivity contribution in [3.05, 3.63) is 28.5 Å². The maximum atomic E-state index is 12.7. The Balaban J connectivity index is 3.57. The van der Waals surface area contributed by atoms with Crippen molar-refractivity contribution in [3.8, 4) is 0 Å². The van der Waals surface area contributed by atoms with E-state index >= 15 is 0 Å². The van der Waals surface area contributed by atoms with Gasteiger partial charge in [0.05, 0.1) is 0 Å². The molecule has 0 radical (unpaired) electrons. The lowest BCUT2D eigenvalue weighted by molar-refractivity contribution is -0.604. The van der Waals surface area contributed by atoms with Gasteiger partial charge in [0.1, 0.15) is 0 Å². The monoisotopic (exact) mass is 280 g/mol. The fourth-order valence-electron chi connectivity index (χ4n) is 2.22. The van der Waals surface area contributed by atoms with Gasteiger partial charge in [-0.15, -0.1) is 0 Å². The summed E-state index contributed by atoms with van der Waals surface area (Å²) in [6.07, 6.45) is 3.19. The van der Waals surface area contributed by atoms with Gasteiger partial charge in [0.25, 0.3) is 0 Å². The number of hydrogen-bond donors (Lipinski definition) is 1. The molecule has 1 aliphatic carbocycles. The fraction of sp³-hybridized carbons (Fsp3) is 0.667. The van der Waals surface area contributed by atoms with Gasteiger partial charge in [-0.2, -0.15) is 0 Å². The van der Waals surface area contributed by atoms with E-state index in [1.54, 1.807) is 19.1 Å². The van der Waals surface area contributed by atoms with E-state index in [2.05, 4.69) is 5.28 Å². The van der Waals surface area contributed by atoms with Crippen molar-refractivity contribution in [2.24, 2.45) is 16.1 Å². The quantitative estimate of drug-likeness (QED) is 0.452. The molecule has 0 saturated carbocycles. The first kappa shape index (κ1) is 16.4. The molecule has 0 aromatic carbocycles. The van der Waals surface area contributed by atoms with E-state index in [4.69, 9.17) is 5.21 Å². The Labute approximate surface area is 120 Å². The van der Waals surface area contributed by atoms with Crippen LogP contribution in [0.15, 0.2) is 28.6 Å². The highest BCUT2D eigenvalue weighted by Crippen LogP contribution is 2.40. The first-order valence-electron chi connectivity index (χ1n) is 6.67. The summed E-state index contributed by atoms with van der Waals surface area (Å²) >= 11 is 0. The maximum Gasteiger partial charge on any atom is 0.238 e. The van der Waals surface area contributed by atoms with Crippen LogP contribution in [0.5, 0.6) is 0 Å². The largest absolute Gasteiger partial charge is 0.596 e. The van der Waals surface area contributed by atoms with Crippen LogP contribution >= 0.6 is 0 Å². The van der Waals surface area contributed by atoms with E-state index in [0.29, 0.717) is 11.1 Å². The van der Waals surface area contributed by atoms with Crippen LogP contribution in [-0.2, 0) is 4.79 Å². The molecule has 0 amide bonds. The van der Waals surface area contributed by atoms with Gasteiger partial charge >= 0.3 is 0 Å². The Kier molecular flexibility index (Phi) is 3.87. The van der Waals surface area contributed by atoms with E-state index < -0.39 is 5.54 Å². The minimum absolute atomic E-state index is 0.0474. The molecule has 0 aromatic heterocycles. The SMILES string of the molecule is CC(C)(C)C1=CC(C)([N+]([O-])=NO)C=C(C(C)(C)C)C1=O. The predicted molar refractivity (Wildman–Crippen MR) is 76.3 cm³/mol. The summed E-state index contributed by atoms with van der Waals surface area (Å²) < 4.78 is 0. The predicted octanol–water partition coefficient (Wildman–Crippen LogP) is 3.62. The van der Waals surface area contributed by atoms with Crippen LogP contribution in [0.4, 0.5) is 0 Å². The molecule has 5 heteroatoms. The normalized spacial score (nSPS) is 20.6. The molecule has 0 bridgehead atoms. The number of hydroxylamine groups is 1. The molecular weight excluding hydrogens is 256 g/mol. The average molecular weight is 280 g/mol. The molecule has 1 aliphatic rings. The lowest BCUT2D eigenvalue weighted by Crippen LogP contribution is -2.40. The molecule has 0 aromatic rings. The molecule has 0 aliphatic heterocycles. The van der Waals surface area contributed by atoms with Gasteiger partial charge in [-0.25, -0.2) is 0 Å². The minimum Gasteiger partial charge on any atom is -0.596 e. The summed E-state index contributed by atoms with van der Waals surface area (Å²) in [5.41, 5.74) is -0.805. The second-order valence-corrected chi connectivity index (χ2v) is 7.53. The lowest BCUT2D eigenvalue weighted by Gasteiger charge is -2.34. The molecule has 0 fully saturated rings. The van der Waals surface area contributed by atoms with Gasteiger partial charge in [0.2, 0.25) is 5.54 Å². The number of ketones is 1. The first-order valence-corrected chi connectivity index (χ1v) is 6.67. The number of rotatable bonds is 1. The van der Waals surface area contributed by atoms with Crippen molar-refractivity contribution in [1.82, 2.24) is 0 Å². The number of carbonyl (C=O) groups is 1. The number of Topliss-reactive ketones (excluding diaryl/α,β-unsaturated/α-hetero) is 1. The van der Waals surface area contributed by atoms with Crippen molar-refractivity contribution in [2.75, 3.05) is 0 Å². The minimum atomic E-state index is -1.16. The van der Waals surface area contributed by atoms with E-state index in [1.807, 2.05) is 41.5 Å². The molecule has 20 heavy (non-hydrogen) atoms. The zero-order valence-corrected chi connectivity index (χ0v) is 13.3. The number of hydrogen-bond acceptors (Lipinski definition) is 3. The molecule has 0 spiro atoms. The van der Waals surface area contributed by atoms with Gasteiger partial charge in [0, 0.05) is 30.2 Å². The second-order valence-electron chi connectivity index (χ2n) is 7.53. The number of allylic oxidation sites excluding steroid dienone is 2. The number of nitrogens with zero attached hydrogens (tertiary/aromatic N) is 2. The van der Waals surface area contributed by atoms with Crippen LogP contribution in [0.3, 0.4) is 0 Å². The number of carbonyl (C=O) groups excluding carboxylic acids is 1. The molecule has 0 heterocycles. The van der Waals surface area contributed by atoms with Gasteiger partial charge in [-0.1, -0.05) is 41.5 Å². The zero-order valence-electron chi connectivity index (χ0n) is 13.3. The van der Waals surface area contributed by atoms with Crippen molar-refractivity contribution < 1.29 is 14.9 Å². The molecule has 5 nitrogen and oxygen atoms in total. The lowest BCUT2D eigenvalue weighted by atomic mass is 9.69. The van der Waals surface area contributed by atoms with Crippen LogP contribution in [-0.4, -0.2) is 21.4 Å². The highest BCUT2D eigenvalue weighted by molar-refractivity contribution is 6.11. The Hall–Kier alpha value is -1.65. The zero-order chi connectivity index (χ0) is 15.9. The van der Waals surface area contributed by atoms with Gasteiger partial charge in [-0.05, 0) is 15.7 Å². The molecule has 0 unspecified atom stereocenters. The fourth-order valence-corrected chi connectivity index (χ4v) is 2.22. The Bertz CT molecular complexity index is 480. The van der Waals surface area contributed by atoms with Crippen molar-refractivity contribution in [3.63, 3.8) is 0 Å². The topological polar surface area (TPSA) is 75.7 Å². The van der Waals surface area contributed by atoms with Crippen LogP contribution in [0, 0.1) is 16.0 Å².